The van der Waals surface area contributed by atoms with E-state index in [1.54, 1.807) is 6.07 Å². The van der Waals surface area contributed by atoms with Crippen LogP contribution >= 0.6 is 0 Å². The molecule has 0 spiro atoms. The fourth-order valence-corrected chi connectivity index (χ4v) is 5.57. The van der Waals surface area contributed by atoms with Gasteiger partial charge in [-0.15, -0.1) is 20.4 Å². The Labute approximate surface area is 188 Å². The number of pyridine rings is 1. The number of hydrogen-bond donors (Lipinski definition) is 2. The number of halogens is 2. The largest absolute Gasteiger partial charge is 0.412 e. The second kappa shape index (κ2) is 7.67. The van der Waals surface area contributed by atoms with Crippen LogP contribution in [0.15, 0.2) is 21.6 Å². The number of sulfonamides is 1. The summed E-state index contributed by atoms with van der Waals surface area (Å²) in [5.74, 6) is -1.14. The van der Waals surface area contributed by atoms with Gasteiger partial charge in [0, 0.05) is 36.9 Å². The number of nitrogens with zero attached hydrogens (tertiary/aromatic N) is 6. The second-order valence-corrected chi connectivity index (χ2v) is 10.7. The van der Waals surface area contributed by atoms with Gasteiger partial charge >= 0.3 is 6.43 Å². The van der Waals surface area contributed by atoms with Crippen molar-refractivity contribution in [2.24, 2.45) is 0 Å². The molecule has 3 aromatic heterocycles. The van der Waals surface area contributed by atoms with Crippen molar-refractivity contribution in [3.8, 4) is 11.7 Å². The molecule has 0 bridgehead atoms. The predicted molar refractivity (Wildman–Crippen MR) is 113 cm³/mol. The molecule has 2 fully saturated rings. The van der Waals surface area contributed by atoms with E-state index in [0.29, 0.717) is 24.4 Å². The number of fused-ring (bicyclic) bond motifs is 1. The summed E-state index contributed by atoms with van der Waals surface area (Å²) >= 11 is 0. The molecule has 0 amide bonds. The van der Waals surface area contributed by atoms with E-state index in [4.69, 9.17) is 4.42 Å². The monoisotopic (exact) mass is 482 g/mol. The third kappa shape index (κ3) is 4.17. The molecule has 5 rings (SSSR count). The molecule has 33 heavy (non-hydrogen) atoms. The minimum Gasteiger partial charge on any atom is -0.412 e. The van der Waals surface area contributed by atoms with Crippen LogP contribution in [0.2, 0.25) is 0 Å². The van der Waals surface area contributed by atoms with Gasteiger partial charge in [0.05, 0.1) is 5.69 Å². The lowest BCUT2D eigenvalue weighted by molar-refractivity contribution is 0.116. The van der Waals surface area contributed by atoms with Gasteiger partial charge in [-0.25, -0.2) is 13.1 Å². The van der Waals surface area contributed by atoms with Crippen LogP contribution in [0.5, 0.6) is 0 Å². The van der Waals surface area contributed by atoms with E-state index >= 15 is 0 Å². The van der Waals surface area contributed by atoms with Crippen LogP contribution in [-0.4, -0.2) is 63.9 Å². The van der Waals surface area contributed by atoms with Crippen LogP contribution in [0.4, 0.5) is 14.5 Å². The van der Waals surface area contributed by atoms with Gasteiger partial charge in [-0.05, 0) is 39.7 Å². The van der Waals surface area contributed by atoms with Gasteiger partial charge in [0.25, 0.3) is 11.8 Å². The predicted octanol–water partition coefficient (Wildman–Crippen LogP) is 1.73. The zero-order valence-electron chi connectivity index (χ0n) is 18.3. The average Bonchev–Trinajstić information content (AvgIpc) is 3.14. The first kappa shape index (κ1) is 22.1. The van der Waals surface area contributed by atoms with Crippen molar-refractivity contribution in [1.82, 2.24) is 34.8 Å². The van der Waals surface area contributed by atoms with Gasteiger partial charge in [0.15, 0.2) is 5.65 Å². The van der Waals surface area contributed by atoms with Crippen LogP contribution < -0.4 is 14.9 Å². The van der Waals surface area contributed by atoms with Crippen molar-refractivity contribution in [3.63, 3.8) is 0 Å². The molecule has 11 nitrogen and oxygen atoms in total. The summed E-state index contributed by atoms with van der Waals surface area (Å²) in [6, 6.07) is 1.89. The Kier molecular flexibility index (Phi) is 5.14. The first-order valence-corrected chi connectivity index (χ1v) is 12.1. The highest BCUT2D eigenvalue weighted by atomic mass is 32.2. The Morgan fingerprint density at radius 3 is 2.48 bits per heavy atom. The van der Waals surface area contributed by atoms with Crippen LogP contribution in [0.1, 0.15) is 45.9 Å². The topological polar surface area (TPSA) is 131 Å². The van der Waals surface area contributed by atoms with E-state index in [1.807, 2.05) is 25.7 Å². The fourth-order valence-electron chi connectivity index (χ4n) is 4.09. The van der Waals surface area contributed by atoms with Gasteiger partial charge < -0.3 is 14.6 Å². The Hall–Kier alpha value is -2.71. The fraction of sp³-hybridized carbons (Fsp3) is 0.579. The molecule has 2 atom stereocenters. The van der Waals surface area contributed by atoms with Crippen LogP contribution in [0.3, 0.4) is 0 Å². The molecule has 1 aliphatic heterocycles. The first-order chi connectivity index (χ1) is 15.5. The molecule has 1 aliphatic carbocycles. The average molecular weight is 483 g/mol. The summed E-state index contributed by atoms with van der Waals surface area (Å²) in [5, 5.41) is 18.7. The number of nitrogens with one attached hydrogen (secondary N) is 2. The van der Waals surface area contributed by atoms with Crippen molar-refractivity contribution in [1.29, 1.82) is 0 Å². The van der Waals surface area contributed by atoms with E-state index in [0.717, 1.165) is 12.8 Å². The number of rotatable bonds is 6. The van der Waals surface area contributed by atoms with Gasteiger partial charge in [-0.2, -0.15) is 8.78 Å². The molecular weight excluding hydrogens is 458 g/mol. The van der Waals surface area contributed by atoms with Crippen molar-refractivity contribution < 1.29 is 21.6 Å². The maximum absolute atomic E-state index is 13.2. The normalized spacial score (nSPS) is 22.9. The molecule has 0 aromatic carbocycles. The third-order valence-electron chi connectivity index (χ3n) is 5.87. The molecule has 4 heterocycles. The van der Waals surface area contributed by atoms with E-state index in [1.165, 1.54) is 10.6 Å². The molecule has 2 N–H and O–H groups in total. The molecule has 0 unspecified atom stereocenters. The van der Waals surface area contributed by atoms with Gasteiger partial charge in [0.1, 0.15) is 4.90 Å². The number of hydrogen-bond acceptors (Lipinski definition) is 9. The number of alkyl halides is 2. The van der Waals surface area contributed by atoms with Gasteiger partial charge in [-0.1, -0.05) is 0 Å². The first-order valence-electron chi connectivity index (χ1n) is 10.6. The summed E-state index contributed by atoms with van der Waals surface area (Å²) < 4.78 is 61.5. The maximum atomic E-state index is 13.2. The maximum Gasteiger partial charge on any atom is 0.314 e. The lowest BCUT2D eigenvalue weighted by atomic mass is 10.1. The Morgan fingerprint density at radius 2 is 1.88 bits per heavy atom. The molecule has 1 saturated heterocycles. The molecule has 3 aromatic rings. The molecular formula is C19H24F2N8O3S. The summed E-state index contributed by atoms with van der Waals surface area (Å²) in [6.45, 7) is 7.16. The molecule has 1 saturated carbocycles. The molecule has 2 aliphatic rings. The summed E-state index contributed by atoms with van der Waals surface area (Å²) in [4.78, 5) is 2.04. The quantitative estimate of drug-likeness (QED) is 0.539. The Morgan fingerprint density at radius 1 is 1.18 bits per heavy atom. The van der Waals surface area contributed by atoms with Crippen molar-refractivity contribution >= 4 is 21.4 Å². The van der Waals surface area contributed by atoms with E-state index in [2.05, 4.69) is 30.4 Å². The SMILES string of the molecule is C[C@H]1CN(c2cc(S(=O)(=O)NC3(C)CC3)cn3c(-c4nnc(C(F)F)o4)nnc23)C[C@H](C)N1. The molecule has 0 radical (unpaired) electrons. The van der Waals surface area contributed by atoms with Crippen LogP contribution in [0.25, 0.3) is 17.4 Å². The van der Waals surface area contributed by atoms with Gasteiger partial charge in [0.2, 0.25) is 15.8 Å². The lowest BCUT2D eigenvalue weighted by Gasteiger charge is -2.37. The van der Waals surface area contributed by atoms with Crippen molar-refractivity contribution in [2.75, 3.05) is 18.0 Å². The number of piperazine rings is 1. The third-order valence-corrected chi connectivity index (χ3v) is 7.47. The Balaban J connectivity index is 1.67. The smallest absolute Gasteiger partial charge is 0.314 e. The highest BCUT2D eigenvalue weighted by Gasteiger charge is 2.41. The second-order valence-electron chi connectivity index (χ2n) is 9.06. The van der Waals surface area contributed by atoms with Gasteiger partial charge in [-0.3, -0.25) is 4.40 Å². The van der Waals surface area contributed by atoms with E-state index < -0.39 is 27.9 Å². The van der Waals surface area contributed by atoms with Crippen molar-refractivity contribution in [2.45, 2.75) is 62.6 Å². The van der Waals surface area contributed by atoms with Crippen molar-refractivity contribution in [3.05, 3.63) is 18.2 Å². The number of anilines is 1. The Bertz CT molecular complexity index is 1290. The molecule has 178 valence electrons. The minimum atomic E-state index is -3.88. The van der Waals surface area contributed by atoms with E-state index in [-0.39, 0.29) is 28.7 Å². The zero-order valence-corrected chi connectivity index (χ0v) is 19.1. The summed E-state index contributed by atoms with van der Waals surface area (Å²) in [7, 11) is -3.88. The number of aromatic nitrogens is 5. The highest BCUT2D eigenvalue weighted by Crippen LogP contribution is 2.37. The highest BCUT2D eigenvalue weighted by molar-refractivity contribution is 7.89. The van der Waals surface area contributed by atoms with Crippen LogP contribution in [0, 0.1) is 0 Å². The standard InChI is InChI=1S/C19H24F2N8O3S/c1-10-7-28(8-11(2)22-10)13-6-12(33(30,31)27-19(3)4-5-19)9-29-15(13)23-24-16(29)18-26-25-17(32-18)14(20)21/h6,9-11,14,22,27H,4-5,7-8H2,1-3H3/t10-,11-/m0/s1. The zero-order chi connectivity index (χ0) is 23.5. The van der Waals surface area contributed by atoms with Crippen LogP contribution in [-0.2, 0) is 10.0 Å². The summed E-state index contributed by atoms with van der Waals surface area (Å²) in [5.41, 5.74) is 0.451. The minimum absolute atomic E-state index is 0.00612. The summed E-state index contributed by atoms with van der Waals surface area (Å²) in [6.07, 6.45) is -0.0810. The lowest BCUT2D eigenvalue weighted by Crippen LogP contribution is -2.54. The molecule has 14 heteroatoms. The van der Waals surface area contributed by atoms with E-state index in [9.17, 15) is 17.2 Å².